The molecule has 0 rings (SSSR count). The molecule has 0 aliphatic carbocycles. The van der Waals surface area contributed by atoms with Crippen molar-refractivity contribution in [2.75, 3.05) is 13.2 Å². The van der Waals surface area contributed by atoms with Crippen LogP contribution in [0.1, 0.15) is 183 Å². The lowest BCUT2D eigenvalue weighted by Crippen LogP contribution is -2.21. The highest BCUT2D eigenvalue weighted by atomic mass is 16.5. The van der Waals surface area contributed by atoms with Crippen LogP contribution in [0.2, 0.25) is 0 Å². The molecule has 0 fully saturated rings. The zero-order valence-electron chi connectivity index (χ0n) is 27.8. The largest absolute Gasteiger partial charge is 0.462 e. The van der Waals surface area contributed by atoms with Crippen LogP contribution in [0, 0.1) is 11.8 Å². The molecular weight excluding hydrogens is 496 g/mol. The third kappa shape index (κ3) is 19.7. The van der Waals surface area contributed by atoms with Crippen LogP contribution in [0.25, 0.3) is 0 Å². The number of unbranched alkanes of at least 4 members (excludes halogenated alkanes) is 12. The molecule has 236 valence electrons. The molecular formula is C36H68O4. The molecule has 0 aromatic heterocycles. The van der Waals surface area contributed by atoms with Crippen LogP contribution >= 0.6 is 0 Å². The van der Waals surface area contributed by atoms with Crippen molar-refractivity contribution in [2.45, 2.75) is 183 Å². The Labute approximate surface area is 249 Å². The number of carbonyl (C=O) groups excluding carboxylic acids is 2. The Kier molecular flexibility index (Phi) is 26.9. The average Bonchev–Trinajstić information content (AvgIpc) is 2.96. The van der Waals surface area contributed by atoms with Gasteiger partial charge in [0.15, 0.2) is 0 Å². The fourth-order valence-corrected chi connectivity index (χ4v) is 5.39. The molecule has 0 N–H and O–H groups in total. The van der Waals surface area contributed by atoms with Gasteiger partial charge in [0.1, 0.15) is 0 Å². The van der Waals surface area contributed by atoms with Crippen LogP contribution in [-0.2, 0) is 19.1 Å². The third-order valence-corrected chi connectivity index (χ3v) is 8.39. The first kappa shape index (κ1) is 38.7. The zero-order chi connectivity index (χ0) is 29.8. The monoisotopic (exact) mass is 565 g/mol. The molecule has 0 radical (unpaired) electrons. The lowest BCUT2D eigenvalue weighted by Gasteiger charge is -2.22. The summed E-state index contributed by atoms with van der Waals surface area (Å²) in [5.41, 5.74) is 1.22. The predicted octanol–water partition coefficient (Wildman–Crippen LogP) is 11.3. The van der Waals surface area contributed by atoms with Gasteiger partial charge < -0.3 is 9.47 Å². The molecule has 0 amide bonds. The summed E-state index contributed by atoms with van der Waals surface area (Å²) in [7, 11) is 0. The van der Waals surface area contributed by atoms with Gasteiger partial charge in [0.2, 0.25) is 0 Å². The van der Waals surface area contributed by atoms with E-state index in [-0.39, 0.29) is 11.9 Å². The molecule has 2 atom stereocenters. The molecule has 4 heteroatoms. The molecule has 0 aliphatic rings. The van der Waals surface area contributed by atoms with E-state index in [1.807, 2.05) is 0 Å². The molecule has 2 unspecified atom stereocenters. The van der Waals surface area contributed by atoms with Crippen molar-refractivity contribution in [3.05, 3.63) is 11.1 Å². The maximum Gasteiger partial charge on any atom is 0.334 e. The highest BCUT2D eigenvalue weighted by Crippen LogP contribution is 2.30. The van der Waals surface area contributed by atoms with Gasteiger partial charge in [-0.25, -0.2) is 9.59 Å². The smallest absolute Gasteiger partial charge is 0.334 e. The second-order valence-corrected chi connectivity index (χ2v) is 12.0. The van der Waals surface area contributed by atoms with Crippen molar-refractivity contribution in [3.8, 4) is 0 Å². The van der Waals surface area contributed by atoms with Crippen LogP contribution in [0.4, 0.5) is 0 Å². The van der Waals surface area contributed by atoms with E-state index in [4.69, 9.17) is 9.47 Å². The van der Waals surface area contributed by atoms with E-state index in [0.717, 1.165) is 77.0 Å². The Balaban J connectivity index is 5.79. The maximum atomic E-state index is 13.6. The summed E-state index contributed by atoms with van der Waals surface area (Å²) >= 11 is 0. The minimum absolute atomic E-state index is 0.277. The fraction of sp³-hybridized carbons (Fsp3) is 0.889. The van der Waals surface area contributed by atoms with Crippen LogP contribution in [-0.4, -0.2) is 25.2 Å². The van der Waals surface area contributed by atoms with Crippen molar-refractivity contribution in [3.63, 3.8) is 0 Å². The Morgan fingerprint density at radius 2 is 0.775 bits per heavy atom. The van der Waals surface area contributed by atoms with Crippen molar-refractivity contribution in [2.24, 2.45) is 11.8 Å². The van der Waals surface area contributed by atoms with Crippen LogP contribution in [0.5, 0.6) is 0 Å². The van der Waals surface area contributed by atoms with Gasteiger partial charge in [-0.3, -0.25) is 0 Å². The van der Waals surface area contributed by atoms with E-state index in [9.17, 15) is 9.59 Å². The van der Waals surface area contributed by atoms with Crippen molar-refractivity contribution >= 4 is 11.9 Å². The first-order valence-electron chi connectivity index (χ1n) is 17.5. The fourth-order valence-electron chi connectivity index (χ4n) is 5.39. The second kappa shape index (κ2) is 27.8. The van der Waals surface area contributed by atoms with E-state index in [2.05, 4.69) is 41.5 Å². The first-order chi connectivity index (χ1) is 19.5. The summed E-state index contributed by atoms with van der Waals surface area (Å²) in [4.78, 5) is 27.2. The summed E-state index contributed by atoms with van der Waals surface area (Å²) < 4.78 is 11.7. The highest BCUT2D eigenvalue weighted by Gasteiger charge is 2.27. The van der Waals surface area contributed by atoms with Gasteiger partial charge in [0.25, 0.3) is 0 Å². The molecule has 4 nitrogen and oxygen atoms in total. The van der Waals surface area contributed by atoms with Crippen LogP contribution in [0.3, 0.4) is 0 Å². The topological polar surface area (TPSA) is 52.6 Å². The Bertz CT molecular complexity index is 585. The maximum absolute atomic E-state index is 13.6. The number of carbonyl (C=O) groups is 2. The first-order valence-corrected chi connectivity index (χ1v) is 17.5. The molecule has 0 saturated heterocycles. The zero-order valence-corrected chi connectivity index (χ0v) is 27.8. The Morgan fingerprint density at radius 3 is 1.10 bits per heavy atom. The third-order valence-electron chi connectivity index (χ3n) is 8.39. The molecule has 40 heavy (non-hydrogen) atoms. The van der Waals surface area contributed by atoms with E-state index < -0.39 is 0 Å². The summed E-state index contributed by atoms with van der Waals surface area (Å²) in [5, 5.41) is 0. The molecule has 0 aliphatic heterocycles. The van der Waals surface area contributed by atoms with E-state index in [1.165, 1.54) is 51.4 Å². The molecule has 0 heterocycles. The molecule has 0 aromatic carbocycles. The molecule has 0 saturated carbocycles. The van der Waals surface area contributed by atoms with Gasteiger partial charge in [0, 0.05) is 11.1 Å². The second-order valence-electron chi connectivity index (χ2n) is 12.0. The average molecular weight is 565 g/mol. The Morgan fingerprint density at radius 1 is 0.450 bits per heavy atom. The van der Waals surface area contributed by atoms with Gasteiger partial charge >= 0.3 is 11.9 Å². The van der Waals surface area contributed by atoms with Gasteiger partial charge in [-0.15, -0.1) is 0 Å². The number of esters is 2. The van der Waals surface area contributed by atoms with Gasteiger partial charge in [0.05, 0.1) is 13.2 Å². The molecule has 0 bridgehead atoms. The number of rotatable bonds is 28. The standard InChI is InChI=1S/C36H68O4/c1-7-13-17-19-21-23-27-39-35(37)33(29-31(11-5)25-15-9-3)34(30-32(12-6)26-16-10-4)36(38)40-28-24-22-20-18-14-8-2/h31-32H,7-30H2,1-6H3. The van der Waals surface area contributed by atoms with E-state index in [0.29, 0.717) is 49.0 Å². The minimum atomic E-state index is -0.277. The summed E-state index contributed by atoms with van der Waals surface area (Å²) in [6, 6.07) is 0. The minimum Gasteiger partial charge on any atom is -0.462 e. The predicted molar refractivity (Wildman–Crippen MR) is 172 cm³/mol. The molecule has 0 aromatic rings. The van der Waals surface area contributed by atoms with Crippen molar-refractivity contribution in [1.29, 1.82) is 0 Å². The van der Waals surface area contributed by atoms with E-state index in [1.54, 1.807) is 0 Å². The lowest BCUT2D eigenvalue weighted by molar-refractivity contribution is -0.143. The van der Waals surface area contributed by atoms with Gasteiger partial charge in [-0.05, 0) is 37.5 Å². The SMILES string of the molecule is CCCCCCCCOC(=O)C(CC(CC)CCCC)=C(CC(CC)CCCC)C(=O)OCCCCCCCC. The van der Waals surface area contributed by atoms with E-state index >= 15 is 0 Å². The normalized spacial score (nSPS) is 13.6. The summed E-state index contributed by atoms with van der Waals surface area (Å²) in [6.07, 6.45) is 23.8. The van der Waals surface area contributed by atoms with Crippen molar-refractivity contribution in [1.82, 2.24) is 0 Å². The van der Waals surface area contributed by atoms with Crippen LogP contribution in [0.15, 0.2) is 11.1 Å². The number of hydrogen-bond acceptors (Lipinski definition) is 4. The molecule has 0 spiro atoms. The quantitative estimate of drug-likeness (QED) is 0.0538. The van der Waals surface area contributed by atoms with Gasteiger partial charge in [-0.2, -0.15) is 0 Å². The van der Waals surface area contributed by atoms with Gasteiger partial charge in [-0.1, -0.05) is 157 Å². The number of ether oxygens (including phenoxy) is 2. The highest BCUT2D eigenvalue weighted by molar-refractivity contribution is 6.00. The van der Waals surface area contributed by atoms with Crippen LogP contribution < -0.4 is 0 Å². The summed E-state index contributed by atoms with van der Waals surface area (Å²) in [5.74, 6) is 0.211. The van der Waals surface area contributed by atoms with Crippen molar-refractivity contribution < 1.29 is 19.1 Å². The summed E-state index contributed by atoms with van der Waals surface area (Å²) in [6.45, 7) is 14.1. The lowest BCUT2D eigenvalue weighted by atomic mass is 9.85. The Hall–Kier alpha value is -1.32. The number of hydrogen-bond donors (Lipinski definition) is 0.